The molecule has 0 amide bonds. The maximum absolute atomic E-state index is 8.93. The Hall–Kier alpha value is -2.00. The third-order valence-corrected chi connectivity index (χ3v) is 2.95. The van der Waals surface area contributed by atoms with Crippen LogP contribution in [0.15, 0.2) is 54.6 Å². The molecule has 3 rings (SSSR count). The molecule has 0 saturated carbocycles. The van der Waals surface area contributed by atoms with Crippen molar-refractivity contribution in [3.63, 3.8) is 0 Å². The number of hydrogen-bond acceptors (Lipinski definition) is 2. The van der Waals surface area contributed by atoms with E-state index < -0.39 is 0 Å². The lowest BCUT2D eigenvalue weighted by atomic mass is 10.0. The van der Waals surface area contributed by atoms with Crippen LogP contribution >= 0.6 is 0 Å². The first kappa shape index (κ1) is 10.2. The standard InChI is InChI=1S/C14H11BO2/c16-15-17-13-7-3-5-11-9-8-10-4-1-2-6-12(10)14(11)13/h1-9,15-16H. The molecule has 0 radical (unpaired) electrons. The van der Waals surface area contributed by atoms with E-state index in [2.05, 4.69) is 24.3 Å². The predicted octanol–water partition coefficient (Wildman–Crippen LogP) is 2.63. The van der Waals surface area contributed by atoms with Gasteiger partial charge in [-0.2, -0.15) is 0 Å². The third kappa shape index (κ3) is 1.65. The van der Waals surface area contributed by atoms with Crippen molar-refractivity contribution in [1.82, 2.24) is 0 Å². The number of rotatable bonds is 2. The fourth-order valence-corrected chi connectivity index (χ4v) is 2.21. The molecule has 0 aliphatic carbocycles. The van der Waals surface area contributed by atoms with Gasteiger partial charge in [-0.15, -0.1) is 0 Å². The van der Waals surface area contributed by atoms with Gasteiger partial charge in [-0.05, 0) is 22.2 Å². The normalized spacial score (nSPS) is 10.6. The molecular weight excluding hydrogens is 211 g/mol. The molecule has 0 bridgehead atoms. The Morgan fingerprint density at radius 1 is 0.824 bits per heavy atom. The third-order valence-electron chi connectivity index (χ3n) is 2.95. The van der Waals surface area contributed by atoms with E-state index in [0.29, 0.717) is 0 Å². The Labute approximate surface area is 99.8 Å². The van der Waals surface area contributed by atoms with E-state index in [9.17, 15) is 0 Å². The van der Waals surface area contributed by atoms with Gasteiger partial charge in [-0.1, -0.05) is 48.5 Å². The van der Waals surface area contributed by atoms with Gasteiger partial charge in [0.1, 0.15) is 5.75 Å². The molecule has 0 spiro atoms. The second-order valence-corrected chi connectivity index (χ2v) is 3.91. The minimum atomic E-state index is -0.303. The van der Waals surface area contributed by atoms with Crippen LogP contribution in [-0.4, -0.2) is 12.7 Å². The maximum atomic E-state index is 8.93. The van der Waals surface area contributed by atoms with Gasteiger partial charge in [0.15, 0.2) is 0 Å². The molecule has 0 fully saturated rings. The first-order valence-electron chi connectivity index (χ1n) is 5.54. The van der Waals surface area contributed by atoms with Crippen molar-refractivity contribution in [2.75, 3.05) is 0 Å². The summed E-state index contributed by atoms with van der Waals surface area (Å²) in [5.74, 6) is 0.724. The van der Waals surface area contributed by atoms with E-state index in [-0.39, 0.29) is 7.69 Å². The van der Waals surface area contributed by atoms with Crippen LogP contribution in [0.1, 0.15) is 0 Å². The molecule has 0 atom stereocenters. The van der Waals surface area contributed by atoms with Crippen LogP contribution in [0.4, 0.5) is 0 Å². The van der Waals surface area contributed by atoms with Gasteiger partial charge in [0.05, 0.1) is 0 Å². The minimum Gasteiger partial charge on any atom is -0.538 e. The van der Waals surface area contributed by atoms with Crippen molar-refractivity contribution >= 4 is 29.2 Å². The molecule has 17 heavy (non-hydrogen) atoms. The van der Waals surface area contributed by atoms with Crippen molar-refractivity contribution in [3.8, 4) is 5.75 Å². The van der Waals surface area contributed by atoms with Crippen LogP contribution in [0.3, 0.4) is 0 Å². The Balaban J connectivity index is 2.45. The Kier molecular flexibility index (Phi) is 2.46. The van der Waals surface area contributed by atoms with E-state index in [4.69, 9.17) is 9.68 Å². The highest BCUT2D eigenvalue weighted by Crippen LogP contribution is 2.32. The summed E-state index contributed by atoms with van der Waals surface area (Å²) in [6.07, 6.45) is 0. The number of hydrogen-bond donors (Lipinski definition) is 1. The quantitative estimate of drug-likeness (QED) is 0.533. The summed E-state index contributed by atoms with van der Waals surface area (Å²) in [5, 5.41) is 13.4. The molecule has 3 heteroatoms. The zero-order chi connectivity index (χ0) is 11.7. The molecule has 0 aromatic heterocycles. The number of benzene rings is 3. The van der Waals surface area contributed by atoms with Crippen molar-refractivity contribution in [1.29, 1.82) is 0 Å². The van der Waals surface area contributed by atoms with Crippen LogP contribution in [0, 0.1) is 0 Å². The minimum absolute atomic E-state index is 0.303. The molecule has 0 heterocycles. The highest BCUT2D eigenvalue weighted by molar-refractivity contribution is 6.19. The molecule has 0 unspecified atom stereocenters. The molecule has 0 aliphatic heterocycles. The summed E-state index contributed by atoms with van der Waals surface area (Å²) in [6, 6.07) is 18.2. The summed E-state index contributed by atoms with van der Waals surface area (Å²) in [7, 11) is -0.303. The van der Waals surface area contributed by atoms with Gasteiger partial charge < -0.3 is 9.68 Å². The maximum Gasteiger partial charge on any atom is 0.504 e. The van der Waals surface area contributed by atoms with E-state index in [1.54, 1.807) is 0 Å². The summed E-state index contributed by atoms with van der Waals surface area (Å²) >= 11 is 0. The lowest BCUT2D eigenvalue weighted by molar-refractivity contribution is 0.457. The smallest absolute Gasteiger partial charge is 0.504 e. The first-order valence-corrected chi connectivity index (χ1v) is 5.54. The molecule has 82 valence electrons. The van der Waals surface area contributed by atoms with Crippen LogP contribution in [0.2, 0.25) is 0 Å². The van der Waals surface area contributed by atoms with Gasteiger partial charge in [0.2, 0.25) is 0 Å². The van der Waals surface area contributed by atoms with Crippen LogP contribution in [-0.2, 0) is 0 Å². The Morgan fingerprint density at radius 2 is 1.59 bits per heavy atom. The molecule has 2 nitrogen and oxygen atoms in total. The van der Waals surface area contributed by atoms with Crippen LogP contribution in [0.5, 0.6) is 5.75 Å². The Morgan fingerprint density at radius 3 is 2.47 bits per heavy atom. The average Bonchev–Trinajstić information content (AvgIpc) is 2.39. The number of fused-ring (bicyclic) bond motifs is 3. The highest BCUT2D eigenvalue weighted by atomic mass is 16.5. The Bertz CT molecular complexity index is 679. The van der Waals surface area contributed by atoms with E-state index in [1.807, 2.05) is 30.3 Å². The van der Waals surface area contributed by atoms with Gasteiger partial charge in [0.25, 0.3) is 0 Å². The first-order chi connectivity index (χ1) is 8.40. The van der Waals surface area contributed by atoms with E-state index >= 15 is 0 Å². The topological polar surface area (TPSA) is 29.5 Å². The predicted molar refractivity (Wildman–Crippen MR) is 71.4 cm³/mol. The average molecular weight is 222 g/mol. The molecule has 3 aromatic carbocycles. The monoisotopic (exact) mass is 222 g/mol. The molecular formula is C14H11BO2. The summed E-state index contributed by atoms with van der Waals surface area (Å²) in [4.78, 5) is 0. The molecule has 0 saturated heterocycles. The summed E-state index contributed by atoms with van der Waals surface area (Å²) < 4.78 is 5.28. The largest absolute Gasteiger partial charge is 0.538 e. The summed E-state index contributed by atoms with van der Waals surface area (Å²) in [6.45, 7) is 0. The lowest BCUT2D eigenvalue weighted by Crippen LogP contribution is -2.00. The zero-order valence-corrected chi connectivity index (χ0v) is 9.26. The highest BCUT2D eigenvalue weighted by Gasteiger charge is 2.05. The molecule has 0 aliphatic rings. The second kappa shape index (κ2) is 4.11. The van der Waals surface area contributed by atoms with Crippen LogP contribution < -0.4 is 4.65 Å². The van der Waals surface area contributed by atoms with Crippen LogP contribution in [0.25, 0.3) is 21.5 Å². The zero-order valence-electron chi connectivity index (χ0n) is 9.26. The molecule has 1 N–H and O–H groups in total. The summed E-state index contributed by atoms with van der Waals surface area (Å²) in [5.41, 5.74) is 0. The van der Waals surface area contributed by atoms with E-state index in [1.165, 1.54) is 5.39 Å². The van der Waals surface area contributed by atoms with Gasteiger partial charge in [0, 0.05) is 5.39 Å². The van der Waals surface area contributed by atoms with Crippen molar-refractivity contribution < 1.29 is 9.68 Å². The molecule has 3 aromatic rings. The lowest BCUT2D eigenvalue weighted by Gasteiger charge is -2.09. The van der Waals surface area contributed by atoms with Crippen molar-refractivity contribution in [2.45, 2.75) is 0 Å². The van der Waals surface area contributed by atoms with Crippen molar-refractivity contribution in [3.05, 3.63) is 54.6 Å². The fourth-order valence-electron chi connectivity index (χ4n) is 2.21. The second-order valence-electron chi connectivity index (χ2n) is 3.91. The van der Waals surface area contributed by atoms with Gasteiger partial charge in [-0.25, -0.2) is 0 Å². The van der Waals surface area contributed by atoms with Crippen molar-refractivity contribution in [2.24, 2.45) is 0 Å². The fraction of sp³-hybridized carbons (Fsp3) is 0. The SMILES string of the molecule is OBOc1cccc2ccc3ccccc3c12. The van der Waals surface area contributed by atoms with E-state index in [0.717, 1.165) is 21.9 Å². The van der Waals surface area contributed by atoms with Gasteiger partial charge >= 0.3 is 7.69 Å². The van der Waals surface area contributed by atoms with Gasteiger partial charge in [-0.3, -0.25) is 0 Å².